The molecule has 0 bridgehead atoms. The highest BCUT2D eigenvalue weighted by molar-refractivity contribution is 7.00. The van der Waals surface area contributed by atoms with Crippen LogP contribution in [0.3, 0.4) is 0 Å². The fourth-order valence-corrected chi connectivity index (χ4v) is 2.57. The Bertz CT molecular complexity index is 56.1. The third-order valence-corrected chi connectivity index (χ3v) is 10.8. The minimum atomic E-state index is -0.599. The highest BCUT2D eigenvalue weighted by Gasteiger charge is 1.93. The first kappa shape index (κ1) is 7.35. The Kier molecular flexibility index (Phi) is 4.73. The predicted molar refractivity (Wildman–Crippen MR) is 43.1 cm³/mol. The van der Waals surface area contributed by atoms with Crippen molar-refractivity contribution in [2.45, 2.75) is 6.04 Å². The zero-order valence-corrected chi connectivity index (χ0v) is 10.1. The van der Waals surface area contributed by atoms with Crippen molar-refractivity contribution in [1.82, 2.24) is 0 Å². The van der Waals surface area contributed by atoms with Crippen LogP contribution >= 0.6 is 0 Å². The second-order valence-electron chi connectivity index (χ2n) is 1.57. The fourth-order valence-electron chi connectivity index (χ4n) is 0.331. The van der Waals surface area contributed by atoms with Gasteiger partial charge < -0.3 is 4.12 Å². The Labute approximate surface area is 52.2 Å². The number of hydrogen-bond acceptors (Lipinski definition) is 1. The van der Waals surface area contributed by atoms with Gasteiger partial charge in [-0.05, 0) is 6.04 Å². The summed E-state index contributed by atoms with van der Waals surface area (Å²) in [6.45, 7) is 3.64. The second-order valence-corrected chi connectivity index (χ2v) is 9.41. The first-order valence-electron chi connectivity index (χ1n) is 2.45. The molecule has 0 aliphatic rings. The normalized spacial score (nSPS) is 14.3. The summed E-state index contributed by atoms with van der Waals surface area (Å²) in [5, 5.41) is 0. The van der Waals surface area contributed by atoms with Crippen LogP contribution in [0.1, 0.15) is 0 Å². The Morgan fingerprint density at radius 3 is 2.57 bits per heavy atom. The van der Waals surface area contributed by atoms with Crippen molar-refractivity contribution in [3.05, 3.63) is 12.7 Å². The maximum absolute atomic E-state index is 5.26. The molecule has 0 spiro atoms. The lowest BCUT2D eigenvalue weighted by molar-refractivity contribution is 0.657. The third kappa shape index (κ3) is 4.20. The molecular weight excluding hydrogens is 136 g/mol. The Morgan fingerprint density at radius 2 is 2.43 bits per heavy atom. The molecule has 0 saturated carbocycles. The summed E-state index contributed by atoms with van der Waals surface area (Å²) in [7, 11) is 1.62. The molecule has 0 radical (unpaired) electrons. The van der Waals surface area contributed by atoms with Crippen LogP contribution in [0.4, 0.5) is 0 Å². The van der Waals surface area contributed by atoms with E-state index >= 15 is 0 Å². The molecule has 42 valence electrons. The molecule has 4 heteroatoms. The van der Waals surface area contributed by atoms with Crippen LogP contribution in [0.25, 0.3) is 0 Å². The Hall–Kier alpha value is 0.351. The van der Waals surface area contributed by atoms with Gasteiger partial charge in [-0.15, -0.1) is 6.58 Å². The number of hydrogen-bond donors (Lipinski definition) is 0. The monoisotopic (exact) mass is 148 g/mol. The molecule has 0 aliphatic carbocycles. The van der Waals surface area contributed by atoms with Crippen molar-refractivity contribution in [2.24, 2.45) is 0 Å². The first-order chi connectivity index (χ1) is 3.31. The first-order valence-corrected chi connectivity index (χ1v) is 9.17. The fraction of sp³-hybridized carbons (Fsp3) is 0.333. The van der Waals surface area contributed by atoms with Gasteiger partial charge >= 0.3 is 0 Å². The molecule has 0 saturated heterocycles. The minimum absolute atomic E-state index is 0.599. The third-order valence-electron chi connectivity index (χ3n) is 0.901. The van der Waals surface area contributed by atoms with E-state index in [-0.39, 0.29) is 0 Å². The molecule has 0 aromatic heterocycles. The van der Waals surface area contributed by atoms with E-state index in [4.69, 9.17) is 4.12 Å². The van der Waals surface area contributed by atoms with Crippen molar-refractivity contribution >= 4 is 28.8 Å². The maximum atomic E-state index is 5.26. The Morgan fingerprint density at radius 1 is 1.86 bits per heavy atom. The van der Waals surface area contributed by atoms with Crippen LogP contribution in [0.2, 0.25) is 6.04 Å². The SMILES string of the molecule is C=CC[SiH]([SiH3])O[SiH3]. The lowest BCUT2D eigenvalue weighted by atomic mass is 10.8. The molecule has 1 unspecified atom stereocenters. The summed E-state index contributed by atoms with van der Waals surface area (Å²) in [6.07, 6.45) is 1.97. The van der Waals surface area contributed by atoms with Gasteiger partial charge in [0.1, 0.15) is 19.0 Å². The van der Waals surface area contributed by atoms with Crippen molar-refractivity contribution in [3.63, 3.8) is 0 Å². The average molecular weight is 148 g/mol. The van der Waals surface area contributed by atoms with Crippen LogP contribution in [0.5, 0.6) is 0 Å². The van der Waals surface area contributed by atoms with E-state index in [2.05, 4.69) is 6.58 Å². The molecule has 0 fully saturated rings. The van der Waals surface area contributed by atoms with E-state index in [0.717, 1.165) is 10.5 Å². The zero-order chi connectivity index (χ0) is 5.70. The molecule has 1 atom stereocenters. The predicted octanol–water partition coefficient (Wildman–Crippen LogP) is -1.94. The van der Waals surface area contributed by atoms with E-state index in [0.29, 0.717) is 0 Å². The van der Waals surface area contributed by atoms with Crippen molar-refractivity contribution in [3.8, 4) is 0 Å². The molecule has 0 rings (SSSR count). The summed E-state index contributed by atoms with van der Waals surface area (Å²) in [6, 6.07) is 1.18. The zero-order valence-electron chi connectivity index (χ0n) is 4.98. The standard InChI is InChI=1S/C3H12OSi3/c1-2-3-7(6)4-5/h2,7H,1,3H2,5-6H3. The van der Waals surface area contributed by atoms with Gasteiger partial charge in [0.2, 0.25) is 0 Å². The second kappa shape index (κ2) is 4.51. The quantitative estimate of drug-likeness (QED) is 0.334. The van der Waals surface area contributed by atoms with Gasteiger partial charge in [0.15, 0.2) is 0 Å². The van der Waals surface area contributed by atoms with Crippen LogP contribution in [-0.2, 0) is 4.12 Å². The lowest BCUT2D eigenvalue weighted by Gasteiger charge is -2.01. The summed E-state index contributed by atoms with van der Waals surface area (Å²) in [4.78, 5) is 0. The molecule has 7 heavy (non-hydrogen) atoms. The van der Waals surface area contributed by atoms with Crippen LogP contribution in [0.15, 0.2) is 12.7 Å². The molecule has 0 aromatic rings. The van der Waals surface area contributed by atoms with Gasteiger partial charge in [0.25, 0.3) is 0 Å². The topological polar surface area (TPSA) is 9.23 Å². The molecule has 0 N–H and O–H groups in total. The van der Waals surface area contributed by atoms with Gasteiger partial charge in [0, 0.05) is 9.76 Å². The molecule has 0 heterocycles. The summed E-state index contributed by atoms with van der Waals surface area (Å²) >= 11 is 0. The summed E-state index contributed by atoms with van der Waals surface area (Å²) in [5.41, 5.74) is 0. The number of allylic oxidation sites excluding steroid dienone is 1. The smallest absolute Gasteiger partial charge is 0.142 e. The van der Waals surface area contributed by atoms with E-state index < -0.39 is 8.56 Å². The van der Waals surface area contributed by atoms with Crippen LogP contribution in [0, 0.1) is 0 Å². The summed E-state index contributed by atoms with van der Waals surface area (Å²) in [5.74, 6) is 0. The lowest BCUT2D eigenvalue weighted by Crippen LogP contribution is -2.14. The molecule has 0 amide bonds. The minimum Gasteiger partial charge on any atom is -0.468 e. The highest BCUT2D eigenvalue weighted by atomic mass is 29.2. The van der Waals surface area contributed by atoms with E-state index in [9.17, 15) is 0 Å². The Balaban J connectivity index is 2.98. The largest absolute Gasteiger partial charge is 0.468 e. The number of rotatable bonds is 3. The van der Waals surface area contributed by atoms with E-state index in [1.165, 1.54) is 15.8 Å². The van der Waals surface area contributed by atoms with Crippen molar-refractivity contribution in [2.75, 3.05) is 0 Å². The average Bonchev–Trinajstić information content (AvgIpc) is 1.68. The molecule has 1 nitrogen and oxygen atoms in total. The van der Waals surface area contributed by atoms with Gasteiger partial charge in [-0.2, -0.15) is 0 Å². The van der Waals surface area contributed by atoms with E-state index in [1.807, 2.05) is 6.08 Å². The summed E-state index contributed by atoms with van der Waals surface area (Å²) < 4.78 is 5.26. The highest BCUT2D eigenvalue weighted by Crippen LogP contribution is 1.85. The molecule has 0 aromatic carbocycles. The van der Waals surface area contributed by atoms with Crippen molar-refractivity contribution in [1.29, 1.82) is 0 Å². The van der Waals surface area contributed by atoms with Crippen molar-refractivity contribution < 1.29 is 4.12 Å². The van der Waals surface area contributed by atoms with Crippen LogP contribution < -0.4 is 0 Å². The van der Waals surface area contributed by atoms with Gasteiger partial charge in [0.05, 0.1) is 0 Å². The van der Waals surface area contributed by atoms with Gasteiger partial charge in [-0.3, -0.25) is 0 Å². The van der Waals surface area contributed by atoms with Crippen LogP contribution in [-0.4, -0.2) is 28.8 Å². The van der Waals surface area contributed by atoms with E-state index in [1.54, 1.807) is 0 Å². The molecule has 0 aliphatic heterocycles. The maximum Gasteiger partial charge on any atom is 0.142 e. The van der Waals surface area contributed by atoms with Gasteiger partial charge in [-0.1, -0.05) is 6.08 Å². The molecular formula is C3H12OSi3. The van der Waals surface area contributed by atoms with Gasteiger partial charge in [-0.25, -0.2) is 0 Å².